The summed E-state index contributed by atoms with van der Waals surface area (Å²) in [5.74, 6) is 0. The van der Waals surface area contributed by atoms with Crippen molar-refractivity contribution < 1.29 is 18.9 Å². The minimum Gasteiger partial charge on any atom is -0.454 e. The first-order valence-electron chi connectivity index (χ1n) is 8.00. The van der Waals surface area contributed by atoms with E-state index in [1.165, 1.54) is 0 Å². The van der Waals surface area contributed by atoms with Crippen LogP contribution in [0.25, 0.3) is 0 Å². The van der Waals surface area contributed by atoms with Crippen molar-refractivity contribution in [1.29, 1.82) is 0 Å². The fraction of sp³-hybridized carbons (Fsp3) is 0.765. The van der Waals surface area contributed by atoms with Crippen molar-refractivity contribution >= 4 is 0 Å². The van der Waals surface area contributed by atoms with E-state index in [9.17, 15) is 0 Å². The average molecular weight is 322 g/mol. The number of nitrogens with zero attached hydrogens (tertiary/aromatic N) is 2. The molecule has 0 aliphatic carbocycles. The number of ether oxygens (including phenoxy) is 4. The number of aromatic nitrogens is 2. The molecule has 2 aliphatic rings. The first-order valence-corrected chi connectivity index (χ1v) is 8.00. The summed E-state index contributed by atoms with van der Waals surface area (Å²) in [6.07, 6.45) is 3.25. The number of hydrogen-bond acceptors (Lipinski definition) is 6. The Morgan fingerprint density at radius 3 is 2.09 bits per heavy atom. The van der Waals surface area contributed by atoms with E-state index in [4.69, 9.17) is 18.9 Å². The van der Waals surface area contributed by atoms with Gasteiger partial charge in [-0.2, -0.15) is 0 Å². The van der Waals surface area contributed by atoms with Gasteiger partial charge in [0, 0.05) is 19.5 Å². The van der Waals surface area contributed by atoms with Crippen molar-refractivity contribution in [3.05, 3.63) is 18.0 Å². The van der Waals surface area contributed by atoms with Gasteiger partial charge < -0.3 is 18.9 Å². The Morgan fingerprint density at radius 1 is 1.04 bits per heavy atom. The lowest BCUT2D eigenvalue weighted by atomic mass is 9.82. The highest BCUT2D eigenvalue weighted by Crippen LogP contribution is 2.48. The second-order valence-electron chi connectivity index (χ2n) is 7.67. The van der Waals surface area contributed by atoms with Crippen LogP contribution in [0.4, 0.5) is 0 Å². The molecule has 1 aromatic heterocycles. The Hall–Kier alpha value is -1.24. The molecule has 3 rings (SSSR count). The lowest BCUT2D eigenvalue weighted by molar-refractivity contribution is -0.110. The van der Waals surface area contributed by atoms with Crippen molar-refractivity contribution in [3.63, 3.8) is 0 Å². The van der Waals surface area contributed by atoms with E-state index in [-0.39, 0.29) is 17.6 Å². The second kappa shape index (κ2) is 5.40. The Bertz CT molecular complexity index is 571. The number of methoxy groups -OCH3 is 1. The molecule has 2 saturated heterocycles. The van der Waals surface area contributed by atoms with Gasteiger partial charge in [0.2, 0.25) is 0 Å². The lowest BCUT2D eigenvalue weighted by Crippen LogP contribution is -2.55. The Labute approximate surface area is 137 Å². The SMILES string of the molecule is CO[C@@H]1CO[C@]2(C)[C@H](Oc3ncc(C(C)(C)C)cn3)CO[C@]12C. The van der Waals surface area contributed by atoms with E-state index in [0.29, 0.717) is 19.2 Å². The molecule has 0 radical (unpaired) electrons. The van der Waals surface area contributed by atoms with Crippen LogP contribution < -0.4 is 4.74 Å². The van der Waals surface area contributed by atoms with Crippen molar-refractivity contribution in [3.8, 4) is 6.01 Å². The molecule has 2 fully saturated rings. The molecule has 2 aliphatic heterocycles. The van der Waals surface area contributed by atoms with Gasteiger partial charge in [-0.15, -0.1) is 0 Å². The summed E-state index contributed by atoms with van der Waals surface area (Å²) in [6.45, 7) is 11.3. The maximum Gasteiger partial charge on any atom is 0.316 e. The summed E-state index contributed by atoms with van der Waals surface area (Å²) in [7, 11) is 1.68. The van der Waals surface area contributed by atoms with Crippen LogP contribution >= 0.6 is 0 Å². The molecular weight excluding hydrogens is 296 g/mol. The van der Waals surface area contributed by atoms with E-state index < -0.39 is 11.2 Å². The molecule has 0 N–H and O–H groups in total. The molecule has 6 heteroatoms. The molecule has 6 nitrogen and oxygen atoms in total. The fourth-order valence-corrected chi connectivity index (χ4v) is 3.26. The van der Waals surface area contributed by atoms with Gasteiger partial charge in [-0.1, -0.05) is 20.8 Å². The fourth-order valence-electron chi connectivity index (χ4n) is 3.26. The van der Waals surface area contributed by atoms with Gasteiger partial charge in [0.25, 0.3) is 0 Å². The lowest BCUT2D eigenvalue weighted by Gasteiger charge is -2.36. The van der Waals surface area contributed by atoms with Crippen LogP contribution in [0.1, 0.15) is 40.2 Å². The zero-order valence-electron chi connectivity index (χ0n) is 14.8. The van der Waals surface area contributed by atoms with Crippen molar-refractivity contribution in [2.24, 2.45) is 0 Å². The molecular formula is C17H26N2O4. The van der Waals surface area contributed by atoms with E-state index in [0.717, 1.165) is 5.56 Å². The normalized spacial score (nSPS) is 37.0. The Balaban J connectivity index is 1.77. The monoisotopic (exact) mass is 322 g/mol. The predicted octanol–water partition coefficient (Wildman–Crippen LogP) is 2.11. The van der Waals surface area contributed by atoms with Gasteiger partial charge in [-0.3, -0.25) is 0 Å². The second-order valence-corrected chi connectivity index (χ2v) is 7.67. The topological polar surface area (TPSA) is 62.7 Å². The van der Waals surface area contributed by atoms with Crippen LogP contribution in [-0.4, -0.2) is 53.7 Å². The van der Waals surface area contributed by atoms with Gasteiger partial charge in [0.1, 0.15) is 17.3 Å². The molecule has 0 bridgehead atoms. The van der Waals surface area contributed by atoms with Crippen LogP contribution in [0.15, 0.2) is 12.4 Å². The van der Waals surface area contributed by atoms with Crippen molar-refractivity contribution in [1.82, 2.24) is 9.97 Å². The largest absolute Gasteiger partial charge is 0.454 e. The van der Waals surface area contributed by atoms with Crippen LogP contribution in [-0.2, 0) is 19.6 Å². The smallest absolute Gasteiger partial charge is 0.316 e. The van der Waals surface area contributed by atoms with Gasteiger partial charge in [-0.05, 0) is 24.8 Å². The predicted molar refractivity (Wildman–Crippen MR) is 84.7 cm³/mol. The minimum atomic E-state index is -0.584. The summed E-state index contributed by atoms with van der Waals surface area (Å²) < 4.78 is 23.5. The summed E-state index contributed by atoms with van der Waals surface area (Å²) in [5.41, 5.74) is -0.0303. The Morgan fingerprint density at radius 2 is 1.57 bits per heavy atom. The standard InChI is InChI=1S/C17H26N2O4/c1-15(2,3)11-7-18-14(19-8-11)23-13-10-22-16(4)12(20-6)9-21-17(13,16)5/h7-8,12-13H,9-10H2,1-6H3/t12-,13-,16-,17-/m1/s1. The zero-order chi connectivity index (χ0) is 16.9. The number of fused-ring (bicyclic) bond motifs is 1. The molecule has 23 heavy (non-hydrogen) atoms. The summed E-state index contributed by atoms with van der Waals surface area (Å²) in [6, 6.07) is 0.349. The van der Waals surface area contributed by atoms with E-state index >= 15 is 0 Å². The molecule has 1 aromatic rings. The highest BCUT2D eigenvalue weighted by Gasteiger charge is 2.67. The molecule has 0 spiro atoms. The Kier molecular flexibility index (Phi) is 3.90. The zero-order valence-corrected chi connectivity index (χ0v) is 14.8. The molecule has 0 unspecified atom stereocenters. The highest BCUT2D eigenvalue weighted by atomic mass is 16.7. The van der Waals surface area contributed by atoms with Gasteiger partial charge in [0.05, 0.1) is 13.2 Å². The number of hydrogen-bond donors (Lipinski definition) is 0. The first kappa shape index (κ1) is 16.6. The third-order valence-corrected chi connectivity index (χ3v) is 5.31. The quantitative estimate of drug-likeness (QED) is 0.849. The molecule has 3 heterocycles. The molecule has 0 aromatic carbocycles. The summed E-state index contributed by atoms with van der Waals surface area (Å²) in [4.78, 5) is 8.68. The van der Waals surface area contributed by atoms with E-state index in [2.05, 4.69) is 30.7 Å². The third kappa shape index (κ3) is 2.53. The highest BCUT2D eigenvalue weighted by molar-refractivity contribution is 5.19. The van der Waals surface area contributed by atoms with Crippen LogP contribution in [0, 0.1) is 0 Å². The summed E-state index contributed by atoms with van der Waals surface area (Å²) in [5, 5.41) is 0. The van der Waals surface area contributed by atoms with Crippen LogP contribution in [0.3, 0.4) is 0 Å². The first-order chi connectivity index (χ1) is 10.7. The average Bonchev–Trinajstić information content (AvgIpc) is 2.88. The van der Waals surface area contributed by atoms with Crippen molar-refractivity contribution in [2.45, 2.75) is 63.4 Å². The third-order valence-electron chi connectivity index (χ3n) is 5.31. The van der Waals surface area contributed by atoms with Gasteiger partial charge in [-0.25, -0.2) is 9.97 Å². The van der Waals surface area contributed by atoms with Crippen LogP contribution in [0.2, 0.25) is 0 Å². The molecule has 0 saturated carbocycles. The van der Waals surface area contributed by atoms with E-state index in [1.54, 1.807) is 7.11 Å². The number of rotatable bonds is 3. The van der Waals surface area contributed by atoms with Gasteiger partial charge >= 0.3 is 6.01 Å². The molecule has 4 atom stereocenters. The van der Waals surface area contributed by atoms with Crippen LogP contribution in [0.5, 0.6) is 6.01 Å². The maximum atomic E-state index is 6.00. The molecule has 128 valence electrons. The maximum absolute atomic E-state index is 6.00. The minimum absolute atomic E-state index is 0.0137. The van der Waals surface area contributed by atoms with E-state index in [1.807, 2.05) is 26.2 Å². The van der Waals surface area contributed by atoms with Crippen molar-refractivity contribution in [2.75, 3.05) is 20.3 Å². The van der Waals surface area contributed by atoms with Gasteiger partial charge in [0.15, 0.2) is 6.10 Å². The summed E-state index contributed by atoms with van der Waals surface area (Å²) >= 11 is 0. The molecule has 0 amide bonds.